The summed E-state index contributed by atoms with van der Waals surface area (Å²) in [6, 6.07) is 5.20. The van der Waals surface area contributed by atoms with Crippen molar-refractivity contribution in [2.24, 2.45) is 0 Å². The number of rotatable bonds is 7. The molecule has 23 heavy (non-hydrogen) atoms. The Balaban J connectivity index is 2.04. The highest BCUT2D eigenvalue weighted by Gasteiger charge is 2.13. The van der Waals surface area contributed by atoms with Gasteiger partial charge in [0.1, 0.15) is 0 Å². The summed E-state index contributed by atoms with van der Waals surface area (Å²) in [5, 5.41) is 7.94. The number of hydrogen-bond donors (Lipinski definition) is 2. The van der Waals surface area contributed by atoms with Crippen LogP contribution in [0.5, 0.6) is 11.5 Å². The highest BCUT2D eigenvalue weighted by molar-refractivity contribution is 7.13. The maximum absolute atomic E-state index is 12.0. The summed E-state index contributed by atoms with van der Waals surface area (Å²) < 4.78 is 11.2. The molecular formula is C16H21N3O3S. The van der Waals surface area contributed by atoms with Crippen molar-refractivity contribution in [3.8, 4) is 11.5 Å². The number of benzene rings is 1. The van der Waals surface area contributed by atoms with Crippen LogP contribution in [-0.2, 0) is 0 Å². The predicted octanol–water partition coefficient (Wildman–Crippen LogP) is 3.82. The highest BCUT2D eigenvalue weighted by Crippen LogP contribution is 2.30. The van der Waals surface area contributed by atoms with Crippen LogP contribution >= 0.6 is 11.3 Å². The standard InChI is InChI=1S/C16H21N3O3S/c1-4-21-13-7-6-12(10-14(13)22-5-2)11(3)18-15(20)19-16-17-8-9-23-16/h6-11H,4-5H2,1-3H3,(H2,17,18,19,20). The first-order valence-electron chi connectivity index (χ1n) is 7.50. The number of ether oxygens (including phenoxy) is 2. The number of thiazole rings is 1. The monoisotopic (exact) mass is 335 g/mol. The molecule has 0 spiro atoms. The molecule has 0 saturated heterocycles. The van der Waals surface area contributed by atoms with Crippen molar-refractivity contribution in [2.45, 2.75) is 26.8 Å². The van der Waals surface area contributed by atoms with Gasteiger partial charge >= 0.3 is 6.03 Å². The van der Waals surface area contributed by atoms with E-state index in [-0.39, 0.29) is 12.1 Å². The summed E-state index contributed by atoms with van der Waals surface area (Å²) in [7, 11) is 0. The van der Waals surface area contributed by atoms with Crippen LogP contribution < -0.4 is 20.1 Å². The Morgan fingerprint density at radius 2 is 2.00 bits per heavy atom. The summed E-state index contributed by atoms with van der Waals surface area (Å²) in [5.74, 6) is 1.39. The lowest BCUT2D eigenvalue weighted by Crippen LogP contribution is -2.31. The molecule has 2 amide bonds. The van der Waals surface area contributed by atoms with Crippen molar-refractivity contribution in [2.75, 3.05) is 18.5 Å². The zero-order valence-corrected chi connectivity index (χ0v) is 14.3. The molecule has 0 aliphatic heterocycles. The van der Waals surface area contributed by atoms with Gasteiger partial charge in [0.2, 0.25) is 0 Å². The molecule has 2 N–H and O–H groups in total. The van der Waals surface area contributed by atoms with Gasteiger partial charge in [-0.3, -0.25) is 5.32 Å². The van der Waals surface area contributed by atoms with Gasteiger partial charge < -0.3 is 14.8 Å². The summed E-state index contributed by atoms with van der Waals surface area (Å²) in [6.07, 6.45) is 1.64. The predicted molar refractivity (Wildman–Crippen MR) is 91.5 cm³/mol. The number of urea groups is 1. The number of nitrogens with one attached hydrogen (secondary N) is 2. The van der Waals surface area contributed by atoms with Gasteiger partial charge in [-0.15, -0.1) is 11.3 Å². The Labute approximate surface area is 139 Å². The van der Waals surface area contributed by atoms with Crippen LogP contribution in [0, 0.1) is 0 Å². The molecule has 1 aromatic carbocycles. The summed E-state index contributed by atoms with van der Waals surface area (Å²) in [4.78, 5) is 16.0. The van der Waals surface area contributed by atoms with Crippen LogP contribution in [0.3, 0.4) is 0 Å². The molecule has 1 atom stereocenters. The van der Waals surface area contributed by atoms with Gasteiger partial charge in [0, 0.05) is 11.6 Å². The largest absolute Gasteiger partial charge is 0.490 e. The third-order valence-electron chi connectivity index (χ3n) is 3.07. The first-order chi connectivity index (χ1) is 11.1. The van der Waals surface area contributed by atoms with Gasteiger partial charge in [-0.1, -0.05) is 6.07 Å². The minimum atomic E-state index is -0.292. The molecule has 0 fully saturated rings. The van der Waals surface area contributed by atoms with Gasteiger partial charge in [-0.25, -0.2) is 9.78 Å². The molecule has 1 aromatic heterocycles. The minimum absolute atomic E-state index is 0.176. The van der Waals surface area contributed by atoms with Crippen LogP contribution in [0.4, 0.5) is 9.93 Å². The van der Waals surface area contributed by atoms with E-state index < -0.39 is 0 Å². The molecule has 0 saturated carbocycles. The second kappa shape index (κ2) is 8.38. The summed E-state index contributed by atoms with van der Waals surface area (Å²) >= 11 is 1.37. The van der Waals surface area contributed by atoms with Gasteiger partial charge in [-0.05, 0) is 38.5 Å². The molecule has 0 aliphatic carbocycles. The fourth-order valence-corrected chi connectivity index (χ4v) is 2.56. The number of hydrogen-bond acceptors (Lipinski definition) is 5. The van der Waals surface area contributed by atoms with Crippen molar-refractivity contribution in [3.05, 3.63) is 35.3 Å². The second-order valence-electron chi connectivity index (χ2n) is 4.73. The Hall–Kier alpha value is -2.28. The number of carbonyl (C=O) groups is 1. The van der Waals surface area contributed by atoms with Crippen LogP contribution in [0.25, 0.3) is 0 Å². The third-order valence-corrected chi connectivity index (χ3v) is 3.76. The van der Waals surface area contributed by atoms with Crippen LogP contribution in [-0.4, -0.2) is 24.2 Å². The number of amides is 2. The average Bonchev–Trinajstić information content (AvgIpc) is 3.02. The Bertz CT molecular complexity index is 632. The van der Waals surface area contributed by atoms with Crippen LogP contribution in [0.15, 0.2) is 29.8 Å². The smallest absolute Gasteiger partial charge is 0.321 e. The topological polar surface area (TPSA) is 72.5 Å². The molecule has 0 aliphatic rings. The molecule has 2 rings (SSSR count). The summed E-state index contributed by atoms with van der Waals surface area (Å²) in [5.41, 5.74) is 0.936. The highest BCUT2D eigenvalue weighted by atomic mass is 32.1. The molecule has 7 heteroatoms. The zero-order chi connectivity index (χ0) is 16.7. The number of carbonyl (C=O) groups excluding carboxylic acids is 1. The molecule has 1 unspecified atom stereocenters. The molecule has 0 radical (unpaired) electrons. The van der Waals surface area contributed by atoms with Crippen molar-refractivity contribution >= 4 is 22.5 Å². The molecule has 2 aromatic rings. The fraction of sp³-hybridized carbons (Fsp3) is 0.375. The van der Waals surface area contributed by atoms with E-state index >= 15 is 0 Å². The quantitative estimate of drug-likeness (QED) is 0.807. The molecule has 0 bridgehead atoms. The Kier molecular flexibility index (Phi) is 6.22. The average molecular weight is 335 g/mol. The Morgan fingerprint density at radius 3 is 2.65 bits per heavy atom. The van der Waals surface area contributed by atoms with Crippen LogP contribution in [0.2, 0.25) is 0 Å². The Morgan fingerprint density at radius 1 is 1.26 bits per heavy atom. The molecular weight excluding hydrogens is 314 g/mol. The van der Waals surface area contributed by atoms with E-state index in [4.69, 9.17) is 9.47 Å². The lowest BCUT2D eigenvalue weighted by Gasteiger charge is -2.17. The van der Waals surface area contributed by atoms with E-state index in [9.17, 15) is 4.79 Å². The zero-order valence-electron chi connectivity index (χ0n) is 13.5. The third kappa shape index (κ3) is 4.85. The van der Waals surface area contributed by atoms with E-state index in [0.29, 0.717) is 29.8 Å². The fourth-order valence-electron chi connectivity index (χ4n) is 2.04. The van der Waals surface area contributed by atoms with Crippen molar-refractivity contribution in [1.82, 2.24) is 10.3 Å². The first kappa shape index (κ1) is 17.1. The van der Waals surface area contributed by atoms with E-state index in [1.807, 2.05) is 39.0 Å². The normalized spacial score (nSPS) is 11.6. The van der Waals surface area contributed by atoms with Gasteiger partial charge in [0.25, 0.3) is 0 Å². The lowest BCUT2D eigenvalue weighted by molar-refractivity contribution is 0.249. The van der Waals surface area contributed by atoms with Crippen molar-refractivity contribution in [3.63, 3.8) is 0 Å². The van der Waals surface area contributed by atoms with Crippen molar-refractivity contribution < 1.29 is 14.3 Å². The van der Waals surface area contributed by atoms with E-state index in [1.165, 1.54) is 11.3 Å². The number of aromatic nitrogens is 1. The maximum Gasteiger partial charge on any atom is 0.321 e. The van der Waals surface area contributed by atoms with Crippen molar-refractivity contribution in [1.29, 1.82) is 0 Å². The number of nitrogens with zero attached hydrogens (tertiary/aromatic N) is 1. The lowest BCUT2D eigenvalue weighted by atomic mass is 10.1. The summed E-state index contributed by atoms with van der Waals surface area (Å²) in [6.45, 7) is 6.88. The number of anilines is 1. The molecule has 6 nitrogen and oxygen atoms in total. The van der Waals surface area contributed by atoms with E-state index in [0.717, 1.165) is 5.56 Å². The first-order valence-corrected chi connectivity index (χ1v) is 8.38. The minimum Gasteiger partial charge on any atom is -0.490 e. The van der Waals surface area contributed by atoms with Gasteiger partial charge in [-0.2, -0.15) is 0 Å². The molecule has 1 heterocycles. The molecule has 124 valence electrons. The van der Waals surface area contributed by atoms with E-state index in [1.54, 1.807) is 11.6 Å². The van der Waals surface area contributed by atoms with Gasteiger partial charge in [0.15, 0.2) is 16.6 Å². The SMILES string of the molecule is CCOc1ccc(C(C)NC(=O)Nc2nccs2)cc1OCC. The van der Waals surface area contributed by atoms with Crippen LogP contribution in [0.1, 0.15) is 32.4 Å². The van der Waals surface area contributed by atoms with E-state index in [2.05, 4.69) is 15.6 Å². The maximum atomic E-state index is 12.0. The second-order valence-corrected chi connectivity index (χ2v) is 5.62. The van der Waals surface area contributed by atoms with Gasteiger partial charge in [0.05, 0.1) is 19.3 Å².